The summed E-state index contributed by atoms with van der Waals surface area (Å²) in [4.78, 5) is 4.14. The molecule has 0 atom stereocenters. The van der Waals surface area contributed by atoms with Gasteiger partial charge in [0, 0.05) is 19.3 Å². The minimum atomic E-state index is 0.303. The Labute approximate surface area is 103 Å². The third-order valence-electron chi connectivity index (χ3n) is 2.22. The molecule has 0 spiro atoms. The van der Waals surface area contributed by atoms with E-state index in [0.717, 1.165) is 31.8 Å². The number of aromatic nitrogens is 1. The second-order valence-corrected chi connectivity index (χ2v) is 4.09. The second kappa shape index (κ2) is 7.64. The van der Waals surface area contributed by atoms with Crippen LogP contribution in [0.25, 0.3) is 0 Å². The number of ether oxygens (including phenoxy) is 1. The Kier molecular flexibility index (Phi) is 6.05. The molecule has 92 valence electrons. The van der Waals surface area contributed by atoms with Gasteiger partial charge in [-0.1, -0.05) is 0 Å². The maximum Gasteiger partial charge on any atom is 0.127 e. The molecule has 0 bridgehead atoms. The molecule has 0 saturated carbocycles. The minimum absolute atomic E-state index is 0.303. The smallest absolute Gasteiger partial charge is 0.127 e. The summed E-state index contributed by atoms with van der Waals surface area (Å²) in [5.41, 5.74) is 0.630. The van der Waals surface area contributed by atoms with Crippen molar-refractivity contribution < 1.29 is 4.74 Å². The van der Waals surface area contributed by atoms with Gasteiger partial charge in [0.2, 0.25) is 0 Å². The third kappa shape index (κ3) is 5.88. The first-order chi connectivity index (χ1) is 8.22. The lowest BCUT2D eigenvalue weighted by atomic mass is 10.3. The number of unbranched alkanes of at least 4 members (excludes halogenated alkanes) is 1. The Hall–Kier alpha value is -1.60. The summed E-state index contributed by atoms with van der Waals surface area (Å²) in [6.45, 7) is 5.72. The number of nitrogens with zero attached hydrogens (tertiary/aromatic N) is 2. The number of nitrogens with one attached hydrogen (secondary N) is 1. The Morgan fingerprint density at radius 1 is 1.47 bits per heavy atom. The van der Waals surface area contributed by atoms with Crippen LogP contribution in [0.2, 0.25) is 0 Å². The Morgan fingerprint density at radius 3 is 3.00 bits per heavy atom. The van der Waals surface area contributed by atoms with Crippen LogP contribution in [0, 0.1) is 11.3 Å². The van der Waals surface area contributed by atoms with Crippen LogP contribution < -0.4 is 5.32 Å². The van der Waals surface area contributed by atoms with Gasteiger partial charge in [0.15, 0.2) is 0 Å². The molecule has 0 aliphatic heterocycles. The normalized spacial score (nSPS) is 10.2. The molecule has 0 amide bonds. The maximum absolute atomic E-state index is 8.73. The molecular weight excluding hydrogens is 214 g/mol. The van der Waals surface area contributed by atoms with Crippen LogP contribution >= 0.6 is 0 Å². The van der Waals surface area contributed by atoms with E-state index in [1.807, 2.05) is 13.8 Å². The highest BCUT2D eigenvalue weighted by Gasteiger charge is 1.96. The van der Waals surface area contributed by atoms with Crippen LogP contribution in [0.15, 0.2) is 18.3 Å². The van der Waals surface area contributed by atoms with Gasteiger partial charge in [-0.05, 0) is 38.8 Å². The first-order valence-corrected chi connectivity index (χ1v) is 5.94. The quantitative estimate of drug-likeness (QED) is 0.735. The fraction of sp³-hybridized carbons (Fsp3) is 0.538. The van der Waals surface area contributed by atoms with Crippen LogP contribution in [0.5, 0.6) is 0 Å². The van der Waals surface area contributed by atoms with Crippen molar-refractivity contribution in [1.82, 2.24) is 4.98 Å². The van der Waals surface area contributed by atoms with Gasteiger partial charge in [-0.3, -0.25) is 0 Å². The number of hydrogen-bond donors (Lipinski definition) is 1. The third-order valence-corrected chi connectivity index (χ3v) is 2.22. The molecule has 0 aromatic carbocycles. The number of pyridine rings is 1. The van der Waals surface area contributed by atoms with Crippen molar-refractivity contribution in [2.45, 2.75) is 32.8 Å². The molecule has 1 aromatic rings. The van der Waals surface area contributed by atoms with Gasteiger partial charge < -0.3 is 10.1 Å². The van der Waals surface area contributed by atoms with Gasteiger partial charge in [0.1, 0.15) is 5.82 Å². The highest BCUT2D eigenvalue weighted by atomic mass is 16.5. The number of anilines is 1. The summed E-state index contributed by atoms with van der Waals surface area (Å²) in [5, 5.41) is 11.9. The van der Waals surface area contributed by atoms with E-state index < -0.39 is 0 Å². The predicted molar refractivity (Wildman–Crippen MR) is 67.8 cm³/mol. The summed E-state index contributed by atoms with van der Waals surface area (Å²) in [5.74, 6) is 0.758. The van der Waals surface area contributed by atoms with Crippen LogP contribution in [0.4, 0.5) is 5.82 Å². The molecule has 1 N–H and O–H groups in total. The van der Waals surface area contributed by atoms with E-state index in [9.17, 15) is 0 Å². The monoisotopic (exact) mass is 233 g/mol. The fourth-order valence-electron chi connectivity index (χ4n) is 1.36. The molecule has 0 aliphatic carbocycles. The van der Waals surface area contributed by atoms with Crippen LogP contribution in [-0.2, 0) is 4.74 Å². The molecule has 4 nitrogen and oxygen atoms in total. The van der Waals surface area contributed by atoms with E-state index in [1.165, 1.54) is 0 Å². The van der Waals surface area contributed by atoms with Crippen molar-refractivity contribution in [3.05, 3.63) is 23.9 Å². The summed E-state index contributed by atoms with van der Waals surface area (Å²) in [6.07, 6.45) is 4.01. The molecule has 0 aliphatic rings. The average Bonchev–Trinajstić information content (AvgIpc) is 2.33. The zero-order valence-corrected chi connectivity index (χ0v) is 10.4. The summed E-state index contributed by atoms with van der Waals surface area (Å²) in [7, 11) is 0. The van der Waals surface area contributed by atoms with Crippen LogP contribution in [0.1, 0.15) is 32.3 Å². The van der Waals surface area contributed by atoms with Crippen LogP contribution in [0.3, 0.4) is 0 Å². The van der Waals surface area contributed by atoms with Crippen molar-refractivity contribution in [2.75, 3.05) is 18.5 Å². The average molecular weight is 233 g/mol. The van der Waals surface area contributed by atoms with Gasteiger partial charge in [-0.25, -0.2) is 4.98 Å². The van der Waals surface area contributed by atoms with E-state index in [0.29, 0.717) is 11.7 Å². The topological polar surface area (TPSA) is 57.9 Å². The van der Waals surface area contributed by atoms with Crippen molar-refractivity contribution in [3.63, 3.8) is 0 Å². The van der Waals surface area contributed by atoms with E-state index >= 15 is 0 Å². The Balaban J connectivity index is 2.16. The SMILES string of the molecule is CC(C)OCCCCNc1cc(C#N)ccn1. The van der Waals surface area contributed by atoms with Gasteiger partial charge in [-0.2, -0.15) is 5.26 Å². The molecule has 0 fully saturated rings. The molecule has 0 saturated heterocycles. The zero-order valence-electron chi connectivity index (χ0n) is 10.4. The summed E-state index contributed by atoms with van der Waals surface area (Å²) >= 11 is 0. The molecule has 1 rings (SSSR count). The largest absolute Gasteiger partial charge is 0.379 e. The molecule has 4 heteroatoms. The summed E-state index contributed by atoms with van der Waals surface area (Å²) < 4.78 is 5.44. The highest BCUT2D eigenvalue weighted by Crippen LogP contribution is 2.05. The van der Waals surface area contributed by atoms with E-state index in [4.69, 9.17) is 10.00 Å². The number of rotatable bonds is 7. The van der Waals surface area contributed by atoms with Gasteiger partial charge in [-0.15, -0.1) is 0 Å². The molecule has 1 heterocycles. The molecule has 0 unspecified atom stereocenters. The molecular formula is C13H19N3O. The molecule has 17 heavy (non-hydrogen) atoms. The maximum atomic E-state index is 8.73. The summed E-state index contributed by atoms with van der Waals surface area (Å²) in [6, 6.07) is 5.54. The van der Waals surface area contributed by atoms with Crippen molar-refractivity contribution in [1.29, 1.82) is 5.26 Å². The molecule has 1 aromatic heterocycles. The number of hydrogen-bond acceptors (Lipinski definition) is 4. The first-order valence-electron chi connectivity index (χ1n) is 5.94. The Morgan fingerprint density at radius 2 is 2.29 bits per heavy atom. The molecule has 0 radical (unpaired) electrons. The van der Waals surface area contributed by atoms with Crippen molar-refractivity contribution in [3.8, 4) is 6.07 Å². The van der Waals surface area contributed by atoms with Gasteiger partial charge in [0.05, 0.1) is 17.7 Å². The lowest BCUT2D eigenvalue weighted by molar-refractivity contribution is 0.0765. The number of nitriles is 1. The Bertz CT molecular complexity index is 371. The fourth-order valence-corrected chi connectivity index (χ4v) is 1.36. The van der Waals surface area contributed by atoms with E-state index in [1.54, 1.807) is 18.3 Å². The lowest BCUT2D eigenvalue weighted by Gasteiger charge is -2.08. The second-order valence-electron chi connectivity index (χ2n) is 4.09. The predicted octanol–water partition coefficient (Wildman–Crippen LogP) is 2.57. The van der Waals surface area contributed by atoms with Gasteiger partial charge in [0.25, 0.3) is 0 Å². The zero-order chi connectivity index (χ0) is 12.5. The lowest BCUT2D eigenvalue weighted by Crippen LogP contribution is -2.07. The first kappa shape index (κ1) is 13.5. The minimum Gasteiger partial charge on any atom is -0.379 e. The van der Waals surface area contributed by atoms with Gasteiger partial charge >= 0.3 is 0 Å². The van der Waals surface area contributed by atoms with E-state index in [2.05, 4.69) is 16.4 Å². The van der Waals surface area contributed by atoms with E-state index in [-0.39, 0.29) is 0 Å². The van der Waals surface area contributed by atoms with Crippen LogP contribution in [-0.4, -0.2) is 24.2 Å². The highest BCUT2D eigenvalue weighted by molar-refractivity contribution is 5.42. The standard InChI is InChI=1S/C13H19N3O/c1-11(2)17-8-4-3-6-15-13-9-12(10-14)5-7-16-13/h5,7,9,11H,3-4,6,8H2,1-2H3,(H,15,16). The van der Waals surface area contributed by atoms with Crippen molar-refractivity contribution in [2.24, 2.45) is 0 Å². The van der Waals surface area contributed by atoms with Crippen molar-refractivity contribution >= 4 is 5.82 Å².